The minimum Gasteiger partial charge on any atom is -0.392 e. The summed E-state index contributed by atoms with van der Waals surface area (Å²) in [4.78, 5) is 0. The van der Waals surface area contributed by atoms with Crippen molar-refractivity contribution < 1.29 is 13.9 Å². The Morgan fingerprint density at radius 2 is 1.84 bits per heavy atom. The highest BCUT2D eigenvalue weighted by molar-refractivity contribution is 5.25. The topological polar surface area (TPSA) is 38.0 Å². The van der Waals surface area contributed by atoms with E-state index < -0.39 is 12.5 Å². The summed E-state index contributed by atoms with van der Waals surface area (Å²) in [6, 6.07) is 7.68. The average molecular weight is 266 g/mol. The Balaban J connectivity index is 2.31. The molecule has 0 spiro atoms. The van der Waals surface area contributed by atoms with Crippen molar-refractivity contribution in [2.75, 3.05) is 0 Å². The molecule has 1 aromatic carbocycles. The molecule has 0 radical (unpaired) electrons. The van der Waals surface area contributed by atoms with E-state index >= 15 is 0 Å². The van der Waals surface area contributed by atoms with Gasteiger partial charge in [0.1, 0.15) is 6.54 Å². The number of alkyl halides is 2. The summed E-state index contributed by atoms with van der Waals surface area (Å²) in [7, 11) is 0. The lowest BCUT2D eigenvalue weighted by Gasteiger charge is -2.17. The van der Waals surface area contributed by atoms with Crippen LogP contribution in [0.15, 0.2) is 30.3 Å². The van der Waals surface area contributed by atoms with Gasteiger partial charge in [-0.25, -0.2) is 0 Å². The van der Waals surface area contributed by atoms with E-state index in [1.54, 1.807) is 32.0 Å². The zero-order valence-corrected chi connectivity index (χ0v) is 10.9. The number of aliphatic hydroxyl groups excluding tert-OH is 1. The highest BCUT2D eigenvalue weighted by atomic mass is 19.3. The quantitative estimate of drug-likeness (QED) is 0.924. The lowest BCUT2D eigenvalue weighted by atomic mass is 10.1. The minimum absolute atomic E-state index is 0.0342. The first kappa shape index (κ1) is 13.7. The van der Waals surface area contributed by atoms with Gasteiger partial charge >= 0.3 is 0 Å². The second-order valence-electron chi connectivity index (χ2n) is 4.54. The van der Waals surface area contributed by atoms with Crippen LogP contribution in [0.4, 0.5) is 8.78 Å². The van der Waals surface area contributed by atoms with Crippen LogP contribution < -0.4 is 0 Å². The molecule has 0 fully saturated rings. The van der Waals surface area contributed by atoms with Crippen molar-refractivity contribution in [1.29, 1.82) is 0 Å². The summed E-state index contributed by atoms with van der Waals surface area (Å²) in [6.45, 7) is 2.68. The molecule has 0 aliphatic rings. The summed E-state index contributed by atoms with van der Waals surface area (Å²) >= 11 is 0. The smallest absolute Gasteiger partial charge is 0.292 e. The molecule has 0 aliphatic carbocycles. The molecule has 0 atom stereocenters. The molecular formula is C14H16F2N2O. The number of aromatic nitrogens is 2. The Kier molecular flexibility index (Phi) is 3.66. The number of hydrogen-bond donors (Lipinski definition) is 1. The molecule has 5 heteroatoms. The lowest BCUT2D eigenvalue weighted by molar-refractivity contribution is -0.0260. The Morgan fingerprint density at radius 3 is 2.37 bits per heavy atom. The van der Waals surface area contributed by atoms with Gasteiger partial charge in [0.05, 0.1) is 12.3 Å². The van der Waals surface area contributed by atoms with Crippen LogP contribution in [0.2, 0.25) is 0 Å². The molecule has 1 aromatic heterocycles. The summed E-state index contributed by atoms with van der Waals surface area (Å²) < 4.78 is 29.5. The van der Waals surface area contributed by atoms with E-state index in [9.17, 15) is 13.9 Å². The standard InChI is InChI=1S/C14H16F2N2O/c1-10-13(8-19)11(2)18(17-10)9-14(15,16)12-6-4-3-5-7-12/h3-7,19H,8-9H2,1-2H3. The molecule has 102 valence electrons. The van der Waals surface area contributed by atoms with Gasteiger partial charge in [0.2, 0.25) is 0 Å². The third-order valence-corrected chi connectivity index (χ3v) is 3.23. The molecule has 0 amide bonds. The number of aryl methyl sites for hydroxylation is 1. The first-order valence-electron chi connectivity index (χ1n) is 6.03. The fourth-order valence-electron chi connectivity index (χ4n) is 2.08. The minimum atomic E-state index is -2.99. The second-order valence-corrected chi connectivity index (χ2v) is 4.54. The summed E-state index contributed by atoms with van der Waals surface area (Å²) in [5.74, 6) is -2.99. The van der Waals surface area contributed by atoms with Gasteiger partial charge in [0.25, 0.3) is 5.92 Å². The van der Waals surface area contributed by atoms with Gasteiger partial charge in [-0.05, 0) is 13.8 Å². The van der Waals surface area contributed by atoms with Gasteiger partial charge in [-0.1, -0.05) is 30.3 Å². The van der Waals surface area contributed by atoms with Crippen molar-refractivity contribution in [3.63, 3.8) is 0 Å². The third kappa shape index (κ3) is 2.66. The van der Waals surface area contributed by atoms with Crippen molar-refractivity contribution in [2.24, 2.45) is 0 Å². The van der Waals surface area contributed by atoms with Crippen molar-refractivity contribution in [1.82, 2.24) is 9.78 Å². The lowest BCUT2D eigenvalue weighted by Crippen LogP contribution is -2.23. The Labute approximate surface area is 110 Å². The number of nitrogens with zero attached hydrogens (tertiary/aromatic N) is 2. The zero-order valence-electron chi connectivity index (χ0n) is 10.9. The van der Waals surface area contributed by atoms with Crippen LogP contribution in [0.5, 0.6) is 0 Å². The maximum absolute atomic E-state index is 14.1. The normalized spacial score (nSPS) is 11.8. The van der Waals surface area contributed by atoms with Crippen LogP contribution in [0.25, 0.3) is 0 Å². The predicted molar refractivity (Wildman–Crippen MR) is 68.0 cm³/mol. The van der Waals surface area contributed by atoms with Crippen molar-refractivity contribution in [2.45, 2.75) is 32.9 Å². The van der Waals surface area contributed by atoms with Crippen molar-refractivity contribution in [3.05, 3.63) is 52.8 Å². The van der Waals surface area contributed by atoms with Crippen LogP contribution in [0, 0.1) is 13.8 Å². The van der Waals surface area contributed by atoms with E-state index in [1.165, 1.54) is 16.8 Å². The van der Waals surface area contributed by atoms with Crippen LogP contribution in [0.3, 0.4) is 0 Å². The number of hydrogen-bond acceptors (Lipinski definition) is 2. The average Bonchev–Trinajstić information content (AvgIpc) is 2.64. The van der Waals surface area contributed by atoms with Gasteiger partial charge < -0.3 is 5.11 Å². The molecule has 1 N–H and O–H groups in total. The van der Waals surface area contributed by atoms with Crippen LogP contribution in [-0.2, 0) is 19.1 Å². The molecular weight excluding hydrogens is 250 g/mol. The van der Waals surface area contributed by atoms with Gasteiger partial charge in [-0.15, -0.1) is 0 Å². The molecule has 3 nitrogen and oxygen atoms in total. The van der Waals surface area contributed by atoms with Crippen LogP contribution >= 0.6 is 0 Å². The maximum Gasteiger partial charge on any atom is 0.292 e. The molecule has 0 saturated heterocycles. The molecule has 0 unspecified atom stereocenters. The first-order valence-corrected chi connectivity index (χ1v) is 6.03. The second kappa shape index (κ2) is 5.09. The van der Waals surface area contributed by atoms with Crippen LogP contribution in [0.1, 0.15) is 22.5 Å². The fraction of sp³-hybridized carbons (Fsp3) is 0.357. The predicted octanol–water partition coefficient (Wildman–Crippen LogP) is 2.78. The molecule has 2 aromatic rings. The first-order chi connectivity index (χ1) is 8.95. The van der Waals surface area contributed by atoms with E-state index in [4.69, 9.17) is 0 Å². The molecule has 19 heavy (non-hydrogen) atoms. The molecule has 0 saturated carbocycles. The molecule has 1 heterocycles. The van der Waals surface area contributed by atoms with Crippen molar-refractivity contribution in [3.8, 4) is 0 Å². The number of benzene rings is 1. The Bertz CT molecular complexity index is 564. The van der Waals surface area contributed by atoms with E-state index in [0.717, 1.165) is 0 Å². The molecule has 2 rings (SSSR count). The van der Waals surface area contributed by atoms with Gasteiger partial charge in [0, 0.05) is 16.8 Å². The third-order valence-electron chi connectivity index (χ3n) is 3.23. The van der Waals surface area contributed by atoms with Gasteiger partial charge in [-0.3, -0.25) is 4.68 Å². The Morgan fingerprint density at radius 1 is 1.21 bits per heavy atom. The molecule has 0 aliphatic heterocycles. The maximum atomic E-state index is 14.1. The highest BCUT2D eigenvalue weighted by Gasteiger charge is 2.33. The number of rotatable bonds is 4. The Hall–Kier alpha value is -1.75. The van der Waals surface area contributed by atoms with Gasteiger partial charge in [-0.2, -0.15) is 13.9 Å². The van der Waals surface area contributed by atoms with Crippen molar-refractivity contribution >= 4 is 0 Å². The summed E-state index contributed by atoms with van der Waals surface area (Å²) in [5, 5.41) is 13.3. The monoisotopic (exact) mass is 266 g/mol. The van der Waals surface area contributed by atoms with E-state index in [-0.39, 0.29) is 12.2 Å². The molecule has 0 bridgehead atoms. The fourth-order valence-corrected chi connectivity index (χ4v) is 2.08. The van der Waals surface area contributed by atoms with E-state index in [2.05, 4.69) is 5.10 Å². The highest BCUT2D eigenvalue weighted by Crippen LogP contribution is 2.30. The largest absolute Gasteiger partial charge is 0.392 e. The number of aliphatic hydroxyl groups is 1. The van der Waals surface area contributed by atoms with Crippen LogP contribution in [-0.4, -0.2) is 14.9 Å². The van der Waals surface area contributed by atoms with E-state index in [1.807, 2.05) is 0 Å². The van der Waals surface area contributed by atoms with Gasteiger partial charge in [0.15, 0.2) is 0 Å². The van der Waals surface area contributed by atoms with E-state index in [0.29, 0.717) is 17.0 Å². The summed E-state index contributed by atoms with van der Waals surface area (Å²) in [5.41, 5.74) is 1.75. The number of halogens is 2. The SMILES string of the molecule is Cc1nn(CC(F)(F)c2ccccc2)c(C)c1CO. The summed E-state index contributed by atoms with van der Waals surface area (Å²) in [6.07, 6.45) is 0. The zero-order chi connectivity index (χ0) is 14.0.